The van der Waals surface area contributed by atoms with E-state index in [0.29, 0.717) is 18.7 Å². The van der Waals surface area contributed by atoms with Crippen molar-refractivity contribution < 1.29 is 19.1 Å². The minimum Gasteiger partial charge on any atom is -0.481 e. The van der Waals surface area contributed by atoms with E-state index >= 15 is 0 Å². The van der Waals surface area contributed by atoms with Crippen LogP contribution >= 0.6 is 0 Å². The molecule has 132 valence electrons. The van der Waals surface area contributed by atoms with Gasteiger partial charge in [-0.25, -0.2) is 4.39 Å². The number of aliphatic carboxylic acids is 1. The largest absolute Gasteiger partial charge is 0.481 e. The lowest BCUT2D eigenvalue weighted by atomic mass is 9.84. The number of likely N-dealkylation sites (tertiary alicyclic amines) is 1. The van der Waals surface area contributed by atoms with E-state index < -0.39 is 23.7 Å². The molecule has 0 bridgehead atoms. The molecule has 1 amide bonds. The molecule has 0 aliphatic carbocycles. The van der Waals surface area contributed by atoms with Gasteiger partial charge < -0.3 is 14.9 Å². The number of halogens is 1. The first-order chi connectivity index (χ1) is 11.5. The molecule has 2 atom stereocenters. The van der Waals surface area contributed by atoms with E-state index in [4.69, 9.17) is 0 Å². The maximum Gasteiger partial charge on any atom is 0.308 e. The number of hydrogen-bond acceptors (Lipinski definition) is 3. The van der Waals surface area contributed by atoms with Crippen molar-refractivity contribution in [2.24, 2.45) is 5.92 Å². The molecule has 0 unspecified atom stereocenters. The maximum atomic E-state index is 13.6. The van der Waals surface area contributed by atoms with Crippen LogP contribution in [-0.2, 0) is 9.59 Å². The lowest BCUT2D eigenvalue weighted by molar-refractivity contribution is -0.152. The summed E-state index contributed by atoms with van der Waals surface area (Å²) in [4.78, 5) is 27.9. The molecule has 1 N–H and O–H groups in total. The van der Waals surface area contributed by atoms with Gasteiger partial charge in [-0.3, -0.25) is 9.59 Å². The Balaban J connectivity index is 2.31. The van der Waals surface area contributed by atoms with Gasteiger partial charge in [-0.2, -0.15) is 0 Å². The number of piperidine rings is 1. The molecule has 1 aliphatic heterocycles. The number of benzene rings is 1. The van der Waals surface area contributed by atoms with E-state index in [1.54, 1.807) is 17.0 Å². The molecule has 0 aromatic heterocycles. The van der Waals surface area contributed by atoms with Gasteiger partial charge in [-0.15, -0.1) is 0 Å². The van der Waals surface area contributed by atoms with Crippen molar-refractivity contribution >= 4 is 11.9 Å². The number of carboxylic acids is 1. The number of nitrogens with zero attached hydrogens (tertiary/aromatic N) is 2. The van der Waals surface area contributed by atoms with E-state index in [1.807, 2.05) is 13.8 Å². The fourth-order valence-corrected chi connectivity index (χ4v) is 3.37. The van der Waals surface area contributed by atoms with Crippen LogP contribution in [0, 0.1) is 11.7 Å². The number of carboxylic acid groups (broad SMARTS) is 1. The second-order valence-corrected chi connectivity index (χ2v) is 6.10. The summed E-state index contributed by atoms with van der Waals surface area (Å²) >= 11 is 0. The molecule has 6 heteroatoms. The smallest absolute Gasteiger partial charge is 0.308 e. The molecule has 0 spiro atoms. The average Bonchev–Trinajstić information content (AvgIpc) is 2.56. The predicted molar refractivity (Wildman–Crippen MR) is 89.0 cm³/mol. The molecule has 1 saturated heterocycles. The summed E-state index contributed by atoms with van der Waals surface area (Å²) in [7, 11) is 0. The maximum absolute atomic E-state index is 13.6. The summed E-state index contributed by atoms with van der Waals surface area (Å²) in [5.41, 5.74) is 0.551. The second-order valence-electron chi connectivity index (χ2n) is 6.10. The molecule has 1 heterocycles. The zero-order chi connectivity index (χ0) is 17.7. The third kappa shape index (κ3) is 4.12. The van der Waals surface area contributed by atoms with Gasteiger partial charge in [-0.05, 0) is 37.2 Å². The highest BCUT2D eigenvalue weighted by Crippen LogP contribution is 2.37. The van der Waals surface area contributed by atoms with Crippen molar-refractivity contribution in [2.45, 2.75) is 32.7 Å². The van der Waals surface area contributed by atoms with Gasteiger partial charge in [0.2, 0.25) is 5.91 Å². The average molecular weight is 336 g/mol. The zero-order valence-corrected chi connectivity index (χ0v) is 14.2. The van der Waals surface area contributed by atoms with E-state index in [2.05, 4.69) is 4.90 Å². The predicted octanol–water partition coefficient (Wildman–Crippen LogP) is 2.53. The zero-order valence-electron chi connectivity index (χ0n) is 14.2. The van der Waals surface area contributed by atoms with Crippen LogP contribution in [0.25, 0.3) is 0 Å². The summed E-state index contributed by atoms with van der Waals surface area (Å²) in [5, 5.41) is 9.57. The van der Waals surface area contributed by atoms with Crippen LogP contribution < -0.4 is 0 Å². The van der Waals surface area contributed by atoms with Crippen molar-refractivity contribution in [1.82, 2.24) is 9.80 Å². The van der Waals surface area contributed by atoms with E-state index in [1.165, 1.54) is 12.1 Å². The van der Waals surface area contributed by atoms with Gasteiger partial charge in [0.15, 0.2) is 0 Å². The molecule has 1 aliphatic rings. The van der Waals surface area contributed by atoms with Gasteiger partial charge in [0, 0.05) is 19.5 Å². The normalized spacial score (nSPS) is 21.3. The number of likely N-dealkylation sites (N-methyl/N-ethyl adjacent to an activating group) is 1. The highest BCUT2D eigenvalue weighted by atomic mass is 19.1. The Morgan fingerprint density at radius 2 is 2.08 bits per heavy atom. The van der Waals surface area contributed by atoms with E-state index in [9.17, 15) is 19.1 Å². The lowest BCUT2D eigenvalue weighted by Gasteiger charge is -2.40. The van der Waals surface area contributed by atoms with Crippen LogP contribution in [-0.4, -0.2) is 53.0 Å². The van der Waals surface area contributed by atoms with Gasteiger partial charge >= 0.3 is 5.97 Å². The highest BCUT2D eigenvalue weighted by Gasteiger charge is 2.40. The van der Waals surface area contributed by atoms with Crippen molar-refractivity contribution in [3.63, 3.8) is 0 Å². The molecule has 1 fully saturated rings. The quantitative estimate of drug-likeness (QED) is 0.831. The van der Waals surface area contributed by atoms with Crippen LogP contribution in [0.5, 0.6) is 0 Å². The summed E-state index contributed by atoms with van der Waals surface area (Å²) in [6.45, 7) is 6.96. The first kappa shape index (κ1) is 18.4. The number of carbonyl (C=O) groups excluding carboxylic acids is 1. The Morgan fingerprint density at radius 1 is 1.38 bits per heavy atom. The van der Waals surface area contributed by atoms with Gasteiger partial charge in [0.05, 0.1) is 12.0 Å². The monoisotopic (exact) mass is 336 g/mol. The Bertz CT molecular complexity index is 589. The van der Waals surface area contributed by atoms with Crippen molar-refractivity contribution in [3.05, 3.63) is 35.6 Å². The molecular formula is C18H25FN2O3. The Kier molecular flexibility index (Phi) is 6.31. The summed E-state index contributed by atoms with van der Waals surface area (Å²) < 4.78 is 13.6. The van der Waals surface area contributed by atoms with E-state index in [0.717, 1.165) is 13.1 Å². The van der Waals surface area contributed by atoms with Crippen LogP contribution in [0.3, 0.4) is 0 Å². The van der Waals surface area contributed by atoms with Gasteiger partial charge in [-0.1, -0.05) is 26.0 Å². The fraction of sp³-hybridized carbons (Fsp3) is 0.556. The standard InChI is InChI=1S/C18H25FN2O3/c1-3-20(4-2)10-11-21-16(22)9-8-15(18(23)24)17(21)13-6-5-7-14(19)12-13/h5-7,12,15,17H,3-4,8-11H2,1-2H3,(H,23,24)/t15-,17+/m1/s1. The lowest BCUT2D eigenvalue weighted by Crippen LogP contribution is -2.48. The first-order valence-corrected chi connectivity index (χ1v) is 8.48. The van der Waals surface area contributed by atoms with Crippen LogP contribution in [0.15, 0.2) is 24.3 Å². The van der Waals surface area contributed by atoms with Crippen molar-refractivity contribution in [1.29, 1.82) is 0 Å². The van der Waals surface area contributed by atoms with Crippen molar-refractivity contribution in [3.8, 4) is 0 Å². The second kappa shape index (κ2) is 8.24. The fourth-order valence-electron chi connectivity index (χ4n) is 3.37. The summed E-state index contributed by atoms with van der Waals surface area (Å²) in [6.07, 6.45) is 0.512. The van der Waals surface area contributed by atoms with Gasteiger partial charge in [0.1, 0.15) is 5.82 Å². The Labute approximate surface area is 142 Å². The summed E-state index contributed by atoms with van der Waals surface area (Å²) in [5.74, 6) is -2.13. The molecule has 0 radical (unpaired) electrons. The molecule has 24 heavy (non-hydrogen) atoms. The number of carbonyl (C=O) groups is 2. The molecule has 1 aromatic carbocycles. The molecule has 5 nitrogen and oxygen atoms in total. The highest BCUT2D eigenvalue weighted by molar-refractivity contribution is 5.81. The van der Waals surface area contributed by atoms with Crippen LogP contribution in [0.1, 0.15) is 38.3 Å². The topological polar surface area (TPSA) is 60.9 Å². The van der Waals surface area contributed by atoms with E-state index in [-0.39, 0.29) is 18.7 Å². The molecule has 2 rings (SSSR count). The number of rotatable bonds is 7. The number of amides is 1. The van der Waals surface area contributed by atoms with Gasteiger partial charge in [0.25, 0.3) is 0 Å². The first-order valence-electron chi connectivity index (χ1n) is 8.48. The SMILES string of the molecule is CCN(CC)CCN1C(=O)CC[C@@H](C(=O)O)[C@@H]1c1cccc(F)c1. The Hall–Kier alpha value is -1.95. The van der Waals surface area contributed by atoms with Crippen LogP contribution in [0.2, 0.25) is 0 Å². The minimum atomic E-state index is -0.940. The van der Waals surface area contributed by atoms with Crippen LogP contribution in [0.4, 0.5) is 4.39 Å². The minimum absolute atomic E-state index is 0.0612. The molecule has 1 aromatic rings. The Morgan fingerprint density at radius 3 is 2.67 bits per heavy atom. The van der Waals surface area contributed by atoms with Crippen molar-refractivity contribution in [2.75, 3.05) is 26.2 Å². The molecule has 0 saturated carbocycles. The number of hydrogen-bond donors (Lipinski definition) is 1. The summed E-state index contributed by atoms with van der Waals surface area (Å²) in [6, 6.07) is 5.31. The third-order valence-corrected chi connectivity index (χ3v) is 4.77. The molecular weight excluding hydrogens is 311 g/mol. The third-order valence-electron chi connectivity index (χ3n) is 4.77.